The van der Waals surface area contributed by atoms with E-state index in [1.165, 1.54) is 0 Å². The number of aliphatic hydroxyl groups is 1. The van der Waals surface area contributed by atoms with Gasteiger partial charge in [0.05, 0.1) is 0 Å². The van der Waals surface area contributed by atoms with Gasteiger partial charge in [0.1, 0.15) is 6.29 Å². The third-order valence-electron chi connectivity index (χ3n) is 0.476. The van der Waals surface area contributed by atoms with Gasteiger partial charge in [0.25, 0.3) is 0 Å². The van der Waals surface area contributed by atoms with Crippen molar-refractivity contribution in [1.82, 2.24) is 0 Å². The van der Waals surface area contributed by atoms with E-state index < -0.39 is 0 Å². The molecule has 0 rings (SSSR count). The van der Waals surface area contributed by atoms with Crippen LogP contribution in [0.3, 0.4) is 0 Å². The standard InChI is InChI=1S/C4H6O2S/c5-3-1-2-4(6)7/h3H,1-2H2,(H,6,7). The van der Waals surface area contributed by atoms with Crippen molar-refractivity contribution in [2.45, 2.75) is 12.8 Å². The van der Waals surface area contributed by atoms with Crippen LogP contribution in [0.4, 0.5) is 0 Å². The third kappa shape index (κ3) is 5.56. The lowest BCUT2D eigenvalue weighted by Gasteiger charge is -1.83. The summed E-state index contributed by atoms with van der Waals surface area (Å²) in [5, 5.41) is 8.17. The monoisotopic (exact) mass is 118 g/mol. The van der Waals surface area contributed by atoms with E-state index in [0.29, 0.717) is 12.8 Å². The topological polar surface area (TPSA) is 37.3 Å². The number of hydrogen-bond acceptors (Lipinski definition) is 2. The molecule has 3 heteroatoms. The van der Waals surface area contributed by atoms with Gasteiger partial charge in [-0.05, 0) is 12.2 Å². The highest BCUT2D eigenvalue weighted by Gasteiger charge is 1.86. The number of thiocarbonyl (C=S) groups is 1. The number of aliphatic hydroxyl groups excluding tert-OH is 1. The third-order valence-corrected chi connectivity index (χ3v) is 0.680. The van der Waals surface area contributed by atoms with Crippen molar-refractivity contribution in [1.29, 1.82) is 0 Å². The highest BCUT2D eigenvalue weighted by molar-refractivity contribution is 7.80. The van der Waals surface area contributed by atoms with Gasteiger partial charge >= 0.3 is 0 Å². The minimum absolute atomic E-state index is 0.0906. The van der Waals surface area contributed by atoms with Crippen LogP contribution in [0.2, 0.25) is 0 Å². The SMILES string of the molecule is O=CCCC(O)=S. The van der Waals surface area contributed by atoms with Gasteiger partial charge in [0.15, 0.2) is 5.05 Å². The summed E-state index contributed by atoms with van der Waals surface area (Å²) in [4.78, 5) is 9.54. The molecule has 0 aliphatic heterocycles. The Morgan fingerprint density at radius 2 is 2.43 bits per heavy atom. The van der Waals surface area contributed by atoms with Gasteiger partial charge in [0, 0.05) is 12.8 Å². The second kappa shape index (κ2) is 3.74. The fraction of sp³-hybridized carbons (Fsp3) is 0.500. The Labute approximate surface area is 47.1 Å². The lowest BCUT2D eigenvalue weighted by Crippen LogP contribution is -1.89. The summed E-state index contributed by atoms with van der Waals surface area (Å²) >= 11 is 4.26. The average molecular weight is 118 g/mol. The lowest BCUT2D eigenvalue weighted by molar-refractivity contribution is -0.107. The normalized spacial score (nSPS) is 8.00. The molecule has 0 aliphatic carbocycles. The minimum atomic E-state index is -0.0906. The quantitative estimate of drug-likeness (QED) is 0.441. The summed E-state index contributed by atoms with van der Waals surface area (Å²) in [6.45, 7) is 0. The van der Waals surface area contributed by atoms with Gasteiger partial charge in [0.2, 0.25) is 0 Å². The first kappa shape index (κ1) is 6.56. The first-order valence-corrected chi connectivity index (χ1v) is 2.33. The van der Waals surface area contributed by atoms with E-state index in [-0.39, 0.29) is 5.05 Å². The molecule has 0 saturated heterocycles. The Hall–Kier alpha value is -0.440. The summed E-state index contributed by atoms with van der Waals surface area (Å²) in [6.07, 6.45) is 1.37. The van der Waals surface area contributed by atoms with Crippen molar-refractivity contribution in [2.24, 2.45) is 0 Å². The number of carbonyl (C=O) groups excluding carboxylic acids is 1. The summed E-state index contributed by atoms with van der Waals surface area (Å²) in [5.41, 5.74) is 0. The second-order valence-corrected chi connectivity index (χ2v) is 1.57. The zero-order chi connectivity index (χ0) is 5.70. The molecule has 0 saturated carbocycles. The van der Waals surface area contributed by atoms with Crippen LogP contribution in [-0.2, 0) is 4.79 Å². The molecule has 0 atom stereocenters. The molecule has 0 radical (unpaired) electrons. The molecule has 0 amide bonds. The van der Waals surface area contributed by atoms with E-state index in [1.807, 2.05) is 0 Å². The molecule has 0 bridgehead atoms. The Morgan fingerprint density at radius 3 is 2.57 bits per heavy atom. The number of carbonyl (C=O) groups is 1. The van der Waals surface area contributed by atoms with Gasteiger partial charge in [-0.3, -0.25) is 0 Å². The molecule has 7 heavy (non-hydrogen) atoms. The molecule has 0 fully saturated rings. The largest absolute Gasteiger partial charge is 0.502 e. The fourth-order valence-electron chi connectivity index (χ4n) is 0.182. The molecule has 0 aromatic rings. The van der Waals surface area contributed by atoms with E-state index >= 15 is 0 Å². The van der Waals surface area contributed by atoms with Crippen molar-refractivity contribution in [2.75, 3.05) is 0 Å². The Kier molecular flexibility index (Phi) is 3.50. The zero-order valence-electron chi connectivity index (χ0n) is 3.76. The van der Waals surface area contributed by atoms with Crippen molar-refractivity contribution in [3.05, 3.63) is 0 Å². The Balaban J connectivity index is 2.97. The van der Waals surface area contributed by atoms with Gasteiger partial charge in [-0.25, -0.2) is 0 Å². The summed E-state index contributed by atoms with van der Waals surface area (Å²) in [6, 6.07) is 0. The number of hydrogen-bond donors (Lipinski definition) is 1. The average Bonchev–Trinajstić information content (AvgIpc) is 1.61. The van der Waals surface area contributed by atoms with Crippen molar-refractivity contribution in [3.63, 3.8) is 0 Å². The smallest absolute Gasteiger partial charge is 0.156 e. The van der Waals surface area contributed by atoms with Crippen LogP contribution < -0.4 is 0 Å². The molecule has 2 nitrogen and oxygen atoms in total. The number of aldehydes is 1. The Bertz CT molecular complexity index is 79.8. The molecular formula is C4H6O2S. The molecular weight excluding hydrogens is 112 g/mol. The van der Waals surface area contributed by atoms with E-state index in [1.54, 1.807) is 0 Å². The van der Waals surface area contributed by atoms with Gasteiger partial charge in [-0.15, -0.1) is 0 Å². The molecule has 0 aromatic heterocycles. The van der Waals surface area contributed by atoms with E-state index in [2.05, 4.69) is 12.2 Å². The predicted octanol–water partition coefficient (Wildman–Crippen LogP) is 0.851. The van der Waals surface area contributed by atoms with E-state index in [0.717, 1.165) is 6.29 Å². The summed E-state index contributed by atoms with van der Waals surface area (Å²) in [5.74, 6) is 0. The molecule has 0 aromatic carbocycles. The maximum Gasteiger partial charge on any atom is 0.156 e. The van der Waals surface area contributed by atoms with Gasteiger partial charge in [-0.1, -0.05) is 0 Å². The molecule has 0 aliphatic rings. The highest BCUT2D eigenvalue weighted by atomic mass is 32.1. The van der Waals surface area contributed by atoms with E-state index in [9.17, 15) is 4.79 Å². The minimum Gasteiger partial charge on any atom is -0.502 e. The maximum atomic E-state index is 9.54. The van der Waals surface area contributed by atoms with Crippen LogP contribution in [-0.4, -0.2) is 16.4 Å². The first-order valence-electron chi connectivity index (χ1n) is 1.93. The molecule has 1 N–H and O–H groups in total. The maximum absolute atomic E-state index is 9.54. The molecule has 40 valence electrons. The van der Waals surface area contributed by atoms with E-state index in [4.69, 9.17) is 5.11 Å². The van der Waals surface area contributed by atoms with Crippen LogP contribution in [0.1, 0.15) is 12.8 Å². The first-order chi connectivity index (χ1) is 3.27. The zero-order valence-corrected chi connectivity index (χ0v) is 4.57. The fourth-order valence-corrected chi connectivity index (χ4v) is 0.300. The van der Waals surface area contributed by atoms with Crippen molar-refractivity contribution in [3.8, 4) is 0 Å². The van der Waals surface area contributed by atoms with Crippen molar-refractivity contribution >= 4 is 23.6 Å². The molecule has 0 spiro atoms. The summed E-state index contributed by atoms with van der Waals surface area (Å²) < 4.78 is 0. The molecule has 0 unspecified atom stereocenters. The molecule has 0 heterocycles. The van der Waals surface area contributed by atoms with Crippen LogP contribution in [0, 0.1) is 0 Å². The summed E-state index contributed by atoms with van der Waals surface area (Å²) in [7, 11) is 0. The predicted molar refractivity (Wildman–Crippen MR) is 30.5 cm³/mol. The van der Waals surface area contributed by atoms with Crippen LogP contribution >= 0.6 is 12.2 Å². The van der Waals surface area contributed by atoms with Gasteiger partial charge in [-0.2, -0.15) is 0 Å². The van der Waals surface area contributed by atoms with Crippen LogP contribution in [0.5, 0.6) is 0 Å². The number of rotatable bonds is 3. The second-order valence-electron chi connectivity index (χ2n) is 1.10. The van der Waals surface area contributed by atoms with Crippen molar-refractivity contribution < 1.29 is 9.90 Å². The van der Waals surface area contributed by atoms with Crippen LogP contribution in [0.25, 0.3) is 0 Å². The Morgan fingerprint density at radius 1 is 1.86 bits per heavy atom. The van der Waals surface area contributed by atoms with Crippen LogP contribution in [0.15, 0.2) is 0 Å². The lowest BCUT2D eigenvalue weighted by atomic mass is 10.4. The highest BCUT2D eigenvalue weighted by Crippen LogP contribution is 1.84. The van der Waals surface area contributed by atoms with Gasteiger partial charge < -0.3 is 9.90 Å².